The van der Waals surface area contributed by atoms with Gasteiger partial charge in [0.1, 0.15) is 0 Å². The summed E-state index contributed by atoms with van der Waals surface area (Å²) in [6, 6.07) is 15.4. The van der Waals surface area contributed by atoms with Crippen molar-refractivity contribution in [3.63, 3.8) is 0 Å². The number of ketones is 1. The van der Waals surface area contributed by atoms with Gasteiger partial charge in [0.25, 0.3) is 0 Å². The van der Waals surface area contributed by atoms with E-state index in [1.54, 1.807) is 0 Å². The van der Waals surface area contributed by atoms with Crippen LogP contribution in [0.15, 0.2) is 42.6 Å². The quantitative estimate of drug-likeness (QED) is 0.449. The molecule has 2 aromatic carbocycles. The lowest BCUT2D eigenvalue weighted by atomic mass is 9.93. The minimum Gasteiger partial charge on any atom is -0.346 e. The molecule has 6 rings (SSSR count). The molecule has 4 heterocycles. The predicted molar refractivity (Wildman–Crippen MR) is 118 cm³/mol. The first-order valence-electron chi connectivity index (χ1n) is 10.9. The second kappa shape index (κ2) is 6.60. The number of aromatic nitrogens is 2. The zero-order chi connectivity index (χ0) is 20.2. The molecule has 0 bridgehead atoms. The standard InChI is InChI=1S/C26H23N3O/c27-11-10-24(30)23-16-28-12-3-7-21-18(8-9-22(23)26(21)28)14-20-15-19-5-1-4-17-6-2-13-29(20)25(17)19/h1,4-5,8-9,15-16H,2-3,6-7,10,12-14H2. The Morgan fingerprint density at radius 1 is 1.07 bits per heavy atom. The van der Waals surface area contributed by atoms with E-state index in [1.165, 1.54) is 51.6 Å². The van der Waals surface area contributed by atoms with Gasteiger partial charge in [0, 0.05) is 47.7 Å². The molecular formula is C26H23N3O. The number of nitrogens with zero attached hydrogens (tertiary/aromatic N) is 3. The van der Waals surface area contributed by atoms with Crippen LogP contribution in [0.5, 0.6) is 0 Å². The summed E-state index contributed by atoms with van der Waals surface area (Å²) in [6.45, 7) is 2.03. The number of carbonyl (C=O) groups excluding carboxylic acids is 1. The van der Waals surface area contributed by atoms with Gasteiger partial charge in [0.15, 0.2) is 5.78 Å². The van der Waals surface area contributed by atoms with Crippen molar-refractivity contribution in [3.05, 3.63) is 70.5 Å². The summed E-state index contributed by atoms with van der Waals surface area (Å²) in [7, 11) is 0. The molecule has 2 aliphatic heterocycles. The molecule has 2 aromatic heterocycles. The normalized spacial score (nSPS) is 14.9. The largest absolute Gasteiger partial charge is 0.346 e. The zero-order valence-electron chi connectivity index (χ0n) is 16.9. The van der Waals surface area contributed by atoms with Gasteiger partial charge in [-0.2, -0.15) is 5.26 Å². The Morgan fingerprint density at radius 2 is 1.97 bits per heavy atom. The molecule has 0 N–H and O–H groups in total. The maximum absolute atomic E-state index is 12.5. The van der Waals surface area contributed by atoms with E-state index in [9.17, 15) is 4.79 Å². The number of aryl methyl sites for hydroxylation is 4. The van der Waals surface area contributed by atoms with Crippen LogP contribution >= 0.6 is 0 Å². The van der Waals surface area contributed by atoms with Crippen molar-refractivity contribution in [2.75, 3.05) is 0 Å². The Morgan fingerprint density at radius 3 is 2.87 bits per heavy atom. The average Bonchev–Trinajstić information content (AvgIpc) is 3.32. The third kappa shape index (κ3) is 2.48. The van der Waals surface area contributed by atoms with Crippen molar-refractivity contribution in [1.29, 1.82) is 5.26 Å². The van der Waals surface area contributed by atoms with Crippen LogP contribution in [0, 0.1) is 11.3 Å². The van der Waals surface area contributed by atoms with E-state index in [2.05, 4.69) is 45.5 Å². The number of hydrogen-bond acceptors (Lipinski definition) is 2. The number of carbonyl (C=O) groups is 1. The van der Waals surface area contributed by atoms with Crippen molar-refractivity contribution in [3.8, 4) is 6.07 Å². The Labute approximate surface area is 175 Å². The highest BCUT2D eigenvalue weighted by molar-refractivity contribution is 6.09. The Bertz CT molecular complexity index is 1380. The molecule has 0 unspecified atom stereocenters. The number of Topliss-reactive ketones (excluding diaryl/α,β-unsaturated/α-hetero) is 1. The molecular weight excluding hydrogens is 370 g/mol. The summed E-state index contributed by atoms with van der Waals surface area (Å²) in [6.07, 6.45) is 7.35. The molecule has 0 aliphatic carbocycles. The molecule has 0 atom stereocenters. The minimum absolute atomic E-state index is 0.0569. The van der Waals surface area contributed by atoms with E-state index in [1.807, 2.05) is 12.3 Å². The van der Waals surface area contributed by atoms with E-state index < -0.39 is 0 Å². The molecule has 0 saturated carbocycles. The minimum atomic E-state index is -0.0725. The molecule has 2 aliphatic rings. The zero-order valence-corrected chi connectivity index (χ0v) is 16.9. The van der Waals surface area contributed by atoms with E-state index in [-0.39, 0.29) is 12.2 Å². The van der Waals surface area contributed by atoms with Gasteiger partial charge in [0.05, 0.1) is 23.5 Å². The van der Waals surface area contributed by atoms with Gasteiger partial charge in [-0.3, -0.25) is 4.79 Å². The predicted octanol–water partition coefficient (Wildman–Crippen LogP) is 5.18. The Balaban J connectivity index is 1.49. The van der Waals surface area contributed by atoms with Crippen molar-refractivity contribution in [2.45, 2.75) is 51.6 Å². The number of nitriles is 1. The fraction of sp³-hybridized carbons (Fsp3) is 0.308. The highest BCUT2D eigenvalue weighted by atomic mass is 16.1. The maximum Gasteiger partial charge on any atom is 0.179 e. The summed E-state index contributed by atoms with van der Waals surface area (Å²) >= 11 is 0. The van der Waals surface area contributed by atoms with Crippen LogP contribution in [0.4, 0.5) is 0 Å². The van der Waals surface area contributed by atoms with Crippen molar-refractivity contribution in [2.24, 2.45) is 0 Å². The molecule has 4 nitrogen and oxygen atoms in total. The van der Waals surface area contributed by atoms with E-state index in [4.69, 9.17) is 5.26 Å². The monoisotopic (exact) mass is 393 g/mol. The fourth-order valence-corrected chi connectivity index (χ4v) is 5.63. The molecule has 148 valence electrons. The van der Waals surface area contributed by atoms with Crippen LogP contribution in [0.25, 0.3) is 21.8 Å². The molecule has 0 fully saturated rings. The fourth-order valence-electron chi connectivity index (χ4n) is 5.63. The second-order valence-electron chi connectivity index (χ2n) is 8.62. The summed E-state index contributed by atoms with van der Waals surface area (Å²) in [4.78, 5) is 12.5. The Kier molecular flexibility index (Phi) is 3.86. The third-order valence-electron chi connectivity index (χ3n) is 6.90. The SMILES string of the molecule is N#CCC(=O)c1cn2c3c(c(Cc4cc5cccc6c5n4CCC6)ccc13)CCC2. The topological polar surface area (TPSA) is 50.7 Å². The van der Waals surface area contributed by atoms with Crippen LogP contribution < -0.4 is 0 Å². The number of hydrogen-bond donors (Lipinski definition) is 0. The van der Waals surface area contributed by atoms with Crippen molar-refractivity contribution >= 4 is 27.6 Å². The van der Waals surface area contributed by atoms with Crippen LogP contribution in [-0.2, 0) is 32.4 Å². The van der Waals surface area contributed by atoms with Crippen LogP contribution in [0.3, 0.4) is 0 Å². The highest BCUT2D eigenvalue weighted by Crippen LogP contribution is 2.35. The summed E-state index contributed by atoms with van der Waals surface area (Å²) in [5, 5.41) is 11.3. The number of rotatable bonds is 4. The molecule has 0 saturated heterocycles. The first-order chi connectivity index (χ1) is 14.7. The summed E-state index contributed by atoms with van der Waals surface area (Å²) in [5.74, 6) is -0.0725. The first-order valence-corrected chi connectivity index (χ1v) is 10.9. The average molecular weight is 393 g/mol. The van der Waals surface area contributed by atoms with Gasteiger partial charge >= 0.3 is 0 Å². The molecule has 0 radical (unpaired) electrons. The van der Waals surface area contributed by atoms with E-state index in [0.717, 1.165) is 37.7 Å². The molecule has 4 heteroatoms. The second-order valence-corrected chi connectivity index (χ2v) is 8.62. The smallest absolute Gasteiger partial charge is 0.179 e. The van der Waals surface area contributed by atoms with Crippen LogP contribution in [-0.4, -0.2) is 14.9 Å². The molecule has 0 spiro atoms. The lowest BCUT2D eigenvalue weighted by Gasteiger charge is -2.21. The number of benzene rings is 2. The third-order valence-corrected chi connectivity index (χ3v) is 6.90. The van der Waals surface area contributed by atoms with Crippen molar-refractivity contribution in [1.82, 2.24) is 9.13 Å². The van der Waals surface area contributed by atoms with Crippen molar-refractivity contribution < 1.29 is 4.79 Å². The summed E-state index contributed by atoms with van der Waals surface area (Å²) < 4.78 is 4.76. The van der Waals surface area contributed by atoms with E-state index >= 15 is 0 Å². The van der Waals surface area contributed by atoms with Crippen LogP contribution in [0.1, 0.15) is 52.0 Å². The lowest BCUT2D eigenvalue weighted by molar-refractivity contribution is 0.0999. The maximum atomic E-state index is 12.5. The lowest BCUT2D eigenvalue weighted by Crippen LogP contribution is -2.12. The highest BCUT2D eigenvalue weighted by Gasteiger charge is 2.23. The van der Waals surface area contributed by atoms with Gasteiger partial charge in [-0.25, -0.2) is 0 Å². The Hall–Kier alpha value is -3.32. The number of para-hydroxylation sites is 1. The van der Waals surface area contributed by atoms with Gasteiger partial charge in [-0.05, 0) is 48.4 Å². The molecule has 0 amide bonds. The molecule has 4 aromatic rings. The van der Waals surface area contributed by atoms with Gasteiger partial charge in [-0.1, -0.05) is 30.3 Å². The molecule has 30 heavy (non-hydrogen) atoms. The van der Waals surface area contributed by atoms with Gasteiger partial charge in [-0.15, -0.1) is 0 Å². The van der Waals surface area contributed by atoms with Crippen LogP contribution in [0.2, 0.25) is 0 Å². The van der Waals surface area contributed by atoms with Gasteiger partial charge in [0.2, 0.25) is 0 Å². The summed E-state index contributed by atoms with van der Waals surface area (Å²) in [5.41, 5.74) is 8.93. The van der Waals surface area contributed by atoms with E-state index in [0.29, 0.717) is 5.56 Å². The first kappa shape index (κ1) is 17.5. The van der Waals surface area contributed by atoms with Gasteiger partial charge < -0.3 is 9.13 Å².